The number of hydrogen-bond donors (Lipinski definition) is 0. The van der Waals surface area contributed by atoms with E-state index in [-0.39, 0.29) is 0 Å². The van der Waals surface area contributed by atoms with E-state index in [1.807, 2.05) is 0 Å². The zero-order valence-electron chi connectivity index (χ0n) is 13.3. The van der Waals surface area contributed by atoms with Gasteiger partial charge in [-0.3, -0.25) is 0 Å². The smallest absolute Gasteiger partial charge is 0.00187 e. The predicted octanol–water partition coefficient (Wildman–Crippen LogP) is 5.64. The van der Waals surface area contributed by atoms with Crippen LogP contribution in [0.3, 0.4) is 0 Å². The first-order valence-electron chi connectivity index (χ1n) is 8.57. The van der Waals surface area contributed by atoms with Gasteiger partial charge in [0, 0.05) is 0 Å². The Morgan fingerprint density at radius 2 is 0.833 bits per heavy atom. The van der Waals surface area contributed by atoms with E-state index in [1.165, 1.54) is 90.3 Å². The van der Waals surface area contributed by atoms with E-state index >= 15 is 0 Å². The van der Waals surface area contributed by atoms with Crippen molar-refractivity contribution < 1.29 is 0 Å². The Labute approximate surface area is 116 Å². The minimum atomic E-state index is 1.33. The lowest BCUT2D eigenvalue weighted by molar-refractivity contribution is 0.259. The average molecular weight is 255 g/mol. The minimum absolute atomic E-state index is 1.33. The lowest BCUT2D eigenvalue weighted by atomic mass is 10.1. The van der Waals surface area contributed by atoms with Crippen molar-refractivity contribution in [3.05, 3.63) is 0 Å². The third kappa shape index (κ3) is 12.4. The van der Waals surface area contributed by atoms with Crippen molar-refractivity contribution in [1.29, 1.82) is 0 Å². The zero-order chi connectivity index (χ0) is 13.5. The van der Waals surface area contributed by atoms with Crippen molar-refractivity contribution in [2.24, 2.45) is 0 Å². The van der Waals surface area contributed by atoms with E-state index in [2.05, 4.69) is 25.7 Å². The molecule has 0 aromatic heterocycles. The maximum Gasteiger partial charge on any atom is -0.00187 e. The van der Waals surface area contributed by atoms with Crippen LogP contribution in [0.5, 0.6) is 0 Å². The van der Waals surface area contributed by atoms with Crippen LogP contribution < -0.4 is 0 Å². The Morgan fingerprint density at radius 3 is 1.33 bits per heavy atom. The largest absolute Gasteiger partial charge is 0.303 e. The molecule has 0 aromatic carbocycles. The number of rotatable bonds is 14. The third-order valence-corrected chi connectivity index (χ3v) is 3.73. The molecule has 0 aromatic rings. The van der Waals surface area contributed by atoms with E-state index < -0.39 is 0 Å². The van der Waals surface area contributed by atoms with Gasteiger partial charge in [-0.2, -0.15) is 0 Å². The van der Waals surface area contributed by atoms with Crippen LogP contribution in [-0.4, -0.2) is 24.5 Å². The van der Waals surface area contributed by atoms with Gasteiger partial charge in [0.15, 0.2) is 0 Å². The summed E-state index contributed by atoms with van der Waals surface area (Å²) >= 11 is 0. The van der Waals surface area contributed by atoms with E-state index in [9.17, 15) is 0 Å². The first-order chi connectivity index (χ1) is 8.85. The number of hydrogen-bond acceptors (Lipinski definition) is 1. The molecule has 0 rings (SSSR count). The van der Waals surface area contributed by atoms with Gasteiger partial charge in [-0.25, -0.2) is 0 Å². The van der Waals surface area contributed by atoms with E-state index in [0.717, 1.165) is 0 Å². The van der Waals surface area contributed by atoms with Crippen LogP contribution in [0.4, 0.5) is 0 Å². The van der Waals surface area contributed by atoms with Crippen molar-refractivity contribution in [1.82, 2.24) is 4.90 Å². The Morgan fingerprint density at radius 1 is 0.444 bits per heavy atom. The molecule has 0 aliphatic carbocycles. The highest BCUT2D eigenvalue weighted by atomic mass is 15.1. The molecule has 1 nitrogen and oxygen atoms in total. The van der Waals surface area contributed by atoms with Gasteiger partial charge in [-0.15, -0.1) is 0 Å². The molecule has 0 N–H and O–H groups in total. The molecule has 0 amide bonds. The minimum Gasteiger partial charge on any atom is -0.303 e. The number of nitrogens with zero attached hydrogens (tertiary/aromatic N) is 1. The molecule has 0 saturated heterocycles. The van der Waals surface area contributed by atoms with Crippen molar-refractivity contribution >= 4 is 0 Å². The molecule has 0 unspecified atom stereocenters. The molecular formula is C17H37N. The molecule has 0 spiro atoms. The van der Waals surface area contributed by atoms with Gasteiger partial charge in [0.25, 0.3) is 0 Å². The van der Waals surface area contributed by atoms with Crippen molar-refractivity contribution in [2.75, 3.05) is 19.6 Å². The molecule has 0 atom stereocenters. The highest BCUT2D eigenvalue weighted by molar-refractivity contribution is 4.58. The maximum absolute atomic E-state index is 2.69. The molecule has 0 saturated carbocycles. The van der Waals surface area contributed by atoms with Crippen LogP contribution >= 0.6 is 0 Å². The molecule has 18 heavy (non-hydrogen) atoms. The summed E-state index contributed by atoms with van der Waals surface area (Å²) in [6.07, 6.45) is 15.4. The first-order valence-corrected chi connectivity index (χ1v) is 8.57. The van der Waals surface area contributed by atoms with Gasteiger partial charge in [0.2, 0.25) is 0 Å². The van der Waals surface area contributed by atoms with Crippen LogP contribution in [0.15, 0.2) is 0 Å². The van der Waals surface area contributed by atoms with E-state index in [4.69, 9.17) is 0 Å². The molecule has 0 heterocycles. The molecular weight excluding hydrogens is 218 g/mol. The Balaban J connectivity index is 3.43. The highest BCUT2D eigenvalue weighted by Crippen LogP contribution is 2.08. The summed E-state index contributed by atoms with van der Waals surface area (Å²) in [7, 11) is 0. The summed E-state index contributed by atoms with van der Waals surface area (Å²) in [6.45, 7) is 10.9. The first kappa shape index (κ1) is 18.0. The molecule has 0 fully saturated rings. The summed E-state index contributed by atoms with van der Waals surface area (Å²) < 4.78 is 0. The Hall–Kier alpha value is -0.0400. The van der Waals surface area contributed by atoms with Crippen LogP contribution in [0, 0.1) is 0 Å². The fourth-order valence-corrected chi connectivity index (χ4v) is 2.39. The second-order valence-corrected chi connectivity index (χ2v) is 5.67. The summed E-state index contributed by atoms with van der Waals surface area (Å²) in [5, 5.41) is 0. The van der Waals surface area contributed by atoms with Crippen molar-refractivity contribution in [2.45, 2.75) is 91.4 Å². The molecule has 0 bridgehead atoms. The maximum atomic E-state index is 2.69. The van der Waals surface area contributed by atoms with Crippen LogP contribution in [0.2, 0.25) is 0 Å². The Bertz CT molecular complexity index is 137. The average Bonchev–Trinajstić information content (AvgIpc) is 2.40. The second-order valence-electron chi connectivity index (χ2n) is 5.67. The molecule has 0 aliphatic heterocycles. The second kappa shape index (κ2) is 15.0. The number of unbranched alkanes of at least 4 members (excludes halogenated alkanes) is 8. The van der Waals surface area contributed by atoms with Gasteiger partial charge in [0.05, 0.1) is 0 Å². The van der Waals surface area contributed by atoms with Gasteiger partial charge in [-0.1, -0.05) is 72.1 Å². The summed E-state index contributed by atoms with van der Waals surface area (Å²) in [5.74, 6) is 0. The lowest BCUT2D eigenvalue weighted by Crippen LogP contribution is -2.27. The normalized spacial score (nSPS) is 11.3. The van der Waals surface area contributed by atoms with Crippen molar-refractivity contribution in [3.63, 3.8) is 0 Å². The highest BCUT2D eigenvalue weighted by Gasteiger charge is 2.03. The molecule has 0 radical (unpaired) electrons. The van der Waals surface area contributed by atoms with E-state index in [0.29, 0.717) is 0 Å². The fraction of sp³-hybridized carbons (Fsp3) is 1.00. The third-order valence-electron chi connectivity index (χ3n) is 3.73. The molecule has 0 aliphatic rings. The molecule has 1 heteroatoms. The van der Waals surface area contributed by atoms with E-state index in [1.54, 1.807) is 0 Å². The zero-order valence-corrected chi connectivity index (χ0v) is 13.3. The standard InChI is InChI=1S/C17H37N/c1-4-7-10-11-12-13-14-17-18(15-8-5-2)16-9-6-3/h4-17H2,1-3H3. The lowest BCUT2D eigenvalue weighted by Gasteiger charge is -2.21. The summed E-state index contributed by atoms with van der Waals surface area (Å²) in [5.41, 5.74) is 0. The SMILES string of the molecule is CCCCCCCCCN(CCCC)CCCC. The van der Waals surface area contributed by atoms with Crippen LogP contribution in [0.1, 0.15) is 91.4 Å². The van der Waals surface area contributed by atoms with Gasteiger partial charge in [-0.05, 0) is 38.9 Å². The quantitative estimate of drug-likeness (QED) is 0.363. The Kier molecular flexibility index (Phi) is 15.0. The van der Waals surface area contributed by atoms with Crippen LogP contribution in [-0.2, 0) is 0 Å². The molecule has 110 valence electrons. The predicted molar refractivity (Wildman–Crippen MR) is 84.2 cm³/mol. The fourth-order valence-electron chi connectivity index (χ4n) is 2.39. The topological polar surface area (TPSA) is 3.24 Å². The van der Waals surface area contributed by atoms with Crippen LogP contribution in [0.25, 0.3) is 0 Å². The van der Waals surface area contributed by atoms with Gasteiger partial charge >= 0.3 is 0 Å². The van der Waals surface area contributed by atoms with Crippen molar-refractivity contribution in [3.8, 4) is 0 Å². The summed E-state index contributed by atoms with van der Waals surface area (Å²) in [6, 6.07) is 0. The van der Waals surface area contributed by atoms with Gasteiger partial charge in [0.1, 0.15) is 0 Å². The monoisotopic (exact) mass is 255 g/mol. The van der Waals surface area contributed by atoms with Gasteiger partial charge < -0.3 is 4.90 Å². The summed E-state index contributed by atoms with van der Waals surface area (Å²) in [4.78, 5) is 2.69.